The van der Waals surface area contributed by atoms with E-state index >= 15 is 0 Å². The number of aryl methyl sites for hydroxylation is 1. The van der Waals surface area contributed by atoms with E-state index in [9.17, 15) is 4.79 Å². The Balaban J connectivity index is 1.41. The lowest BCUT2D eigenvalue weighted by Gasteiger charge is -2.23. The lowest BCUT2D eigenvalue weighted by atomic mass is 9.91. The van der Waals surface area contributed by atoms with Crippen LogP contribution in [0.5, 0.6) is 0 Å². The fourth-order valence-electron chi connectivity index (χ4n) is 4.77. The molecule has 2 amide bonds. The van der Waals surface area contributed by atoms with E-state index < -0.39 is 0 Å². The van der Waals surface area contributed by atoms with Crippen molar-refractivity contribution in [3.63, 3.8) is 0 Å². The molecule has 1 unspecified atom stereocenters. The first-order chi connectivity index (χ1) is 16.1. The topological polar surface area (TPSA) is 91.0 Å². The number of aromatic nitrogens is 2. The molecule has 1 aromatic heterocycles. The molecule has 2 aromatic rings. The van der Waals surface area contributed by atoms with Crippen molar-refractivity contribution < 1.29 is 4.79 Å². The molecule has 1 fully saturated rings. The summed E-state index contributed by atoms with van der Waals surface area (Å²) in [5.74, 6) is 1.45. The molecule has 8 heteroatoms. The fraction of sp³-hybridized carbons (Fsp3) is 0.400. The Morgan fingerprint density at radius 2 is 2.00 bits per heavy atom. The molecule has 1 saturated carbocycles. The number of nitrogens with zero attached hydrogens (tertiary/aromatic N) is 2. The van der Waals surface area contributed by atoms with Gasteiger partial charge in [-0.15, -0.1) is 0 Å². The Labute approximate surface area is 199 Å². The van der Waals surface area contributed by atoms with Gasteiger partial charge in [-0.25, -0.2) is 9.78 Å². The number of benzene rings is 1. The van der Waals surface area contributed by atoms with Gasteiger partial charge >= 0.3 is 6.03 Å². The molecule has 5 rings (SSSR count). The second-order valence-corrected chi connectivity index (χ2v) is 9.43. The Kier molecular flexibility index (Phi) is 6.48. The maximum Gasteiger partial charge on any atom is 0.319 e. The molecule has 7 nitrogen and oxygen atoms in total. The van der Waals surface area contributed by atoms with E-state index in [2.05, 4.69) is 55.5 Å². The van der Waals surface area contributed by atoms with Crippen LogP contribution >= 0.6 is 11.6 Å². The van der Waals surface area contributed by atoms with E-state index in [-0.39, 0.29) is 12.1 Å². The number of halogens is 1. The first-order valence-electron chi connectivity index (χ1n) is 11.8. The zero-order valence-corrected chi connectivity index (χ0v) is 19.3. The first-order valence-corrected chi connectivity index (χ1v) is 12.1. The van der Waals surface area contributed by atoms with Crippen molar-refractivity contribution in [2.45, 2.75) is 57.4 Å². The number of rotatable bonds is 2. The Bertz CT molecular complexity index is 1090. The van der Waals surface area contributed by atoms with Crippen molar-refractivity contribution in [3.05, 3.63) is 58.9 Å². The zero-order valence-electron chi connectivity index (χ0n) is 18.5. The maximum absolute atomic E-state index is 12.7. The molecule has 1 aliphatic heterocycles. The van der Waals surface area contributed by atoms with Crippen LogP contribution < -0.4 is 21.3 Å². The van der Waals surface area contributed by atoms with E-state index in [0.29, 0.717) is 22.7 Å². The van der Waals surface area contributed by atoms with Gasteiger partial charge in [0.1, 0.15) is 5.02 Å². The van der Waals surface area contributed by atoms with Crippen molar-refractivity contribution in [2.75, 3.05) is 16.0 Å². The predicted octanol–water partition coefficient (Wildman–Crippen LogP) is 6.15. The van der Waals surface area contributed by atoms with Gasteiger partial charge in [0.05, 0.1) is 6.20 Å². The largest absolute Gasteiger partial charge is 0.339 e. The summed E-state index contributed by atoms with van der Waals surface area (Å²) in [7, 11) is 0. The summed E-state index contributed by atoms with van der Waals surface area (Å²) in [6, 6.07) is 6.10. The molecular weight excluding hydrogens is 436 g/mol. The van der Waals surface area contributed by atoms with E-state index in [1.54, 1.807) is 6.20 Å². The molecule has 6 bridgehead atoms. The molecule has 0 radical (unpaired) electrons. The minimum absolute atomic E-state index is 0.128. The number of carbonyl (C=O) groups is 1. The van der Waals surface area contributed by atoms with Gasteiger partial charge in [0, 0.05) is 23.1 Å². The second-order valence-electron chi connectivity index (χ2n) is 9.03. The van der Waals surface area contributed by atoms with E-state index in [1.165, 1.54) is 19.3 Å². The third kappa shape index (κ3) is 5.47. The van der Waals surface area contributed by atoms with Gasteiger partial charge in [0.15, 0.2) is 5.82 Å². The van der Waals surface area contributed by atoms with Crippen LogP contribution in [-0.4, -0.2) is 22.0 Å². The van der Waals surface area contributed by atoms with E-state index in [0.717, 1.165) is 54.7 Å². The van der Waals surface area contributed by atoms with Crippen molar-refractivity contribution in [1.82, 2.24) is 15.3 Å². The number of amides is 2. The van der Waals surface area contributed by atoms with Crippen molar-refractivity contribution in [1.29, 1.82) is 0 Å². The minimum Gasteiger partial charge on any atom is -0.339 e. The van der Waals surface area contributed by atoms with Crippen LogP contribution in [0.25, 0.3) is 0 Å². The van der Waals surface area contributed by atoms with Gasteiger partial charge in [-0.1, -0.05) is 43.0 Å². The van der Waals surface area contributed by atoms with Gasteiger partial charge in [-0.3, -0.25) is 0 Å². The number of hydrogen-bond acceptors (Lipinski definition) is 5. The first kappa shape index (κ1) is 21.8. The van der Waals surface area contributed by atoms with Crippen molar-refractivity contribution >= 4 is 40.8 Å². The van der Waals surface area contributed by atoms with Crippen LogP contribution in [0.1, 0.15) is 50.5 Å². The van der Waals surface area contributed by atoms with Crippen molar-refractivity contribution in [2.24, 2.45) is 5.92 Å². The summed E-state index contributed by atoms with van der Waals surface area (Å²) in [5, 5.41) is 13.3. The molecule has 4 N–H and O–H groups in total. The quantitative estimate of drug-likeness (QED) is 0.428. The van der Waals surface area contributed by atoms with Gasteiger partial charge in [-0.2, -0.15) is 4.98 Å². The molecule has 2 heterocycles. The van der Waals surface area contributed by atoms with Crippen LogP contribution in [0, 0.1) is 5.92 Å². The summed E-state index contributed by atoms with van der Waals surface area (Å²) in [6.45, 7) is 0. The zero-order chi connectivity index (χ0) is 22.6. The average Bonchev–Trinajstić information content (AvgIpc) is 2.82. The highest BCUT2D eigenvalue weighted by Crippen LogP contribution is 2.31. The highest BCUT2D eigenvalue weighted by Gasteiger charge is 2.19. The van der Waals surface area contributed by atoms with Gasteiger partial charge in [0.2, 0.25) is 5.95 Å². The van der Waals surface area contributed by atoms with E-state index in [1.807, 2.05) is 12.1 Å². The van der Waals surface area contributed by atoms with Gasteiger partial charge < -0.3 is 21.3 Å². The number of hydrogen-bond donors (Lipinski definition) is 4. The number of allylic oxidation sites excluding steroid dienone is 4. The predicted molar refractivity (Wildman–Crippen MR) is 133 cm³/mol. The summed E-state index contributed by atoms with van der Waals surface area (Å²) in [5.41, 5.74) is 3.87. The molecule has 1 aromatic carbocycles. The number of nitrogens with one attached hydrogen (secondary N) is 4. The lowest BCUT2D eigenvalue weighted by Crippen LogP contribution is -2.39. The molecule has 3 aliphatic rings. The minimum atomic E-state index is -0.128. The molecule has 0 saturated heterocycles. The molecule has 1 atom stereocenters. The molecule has 172 valence electrons. The fourth-order valence-corrected chi connectivity index (χ4v) is 4.90. The van der Waals surface area contributed by atoms with Crippen LogP contribution in [0.15, 0.2) is 48.3 Å². The summed E-state index contributed by atoms with van der Waals surface area (Å²) < 4.78 is 0. The Hall–Kier alpha value is -3.06. The molecule has 33 heavy (non-hydrogen) atoms. The SMILES string of the molecule is O=C(Nc1ccc2cc1CCC1C=CC=C(C1)Nc1ncc(Cl)c(n1)N2)NC1CCCCC1. The van der Waals surface area contributed by atoms with Crippen molar-refractivity contribution in [3.8, 4) is 0 Å². The van der Waals surface area contributed by atoms with Gasteiger partial charge in [-0.05, 0) is 67.9 Å². The molecule has 0 spiro atoms. The van der Waals surface area contributed by atoms with Crippen LogP contribution in [0.2, 0.25) is 5.02 Å². The lowest BCUT2D eigenvalue weighted by molar-refractivity contribution is 0.244. The number of anilines is 4. The molecule has 2 aliphatic carbocycles. The Morgan fingerprint density at radius 3 is 2.88 bits per heavy atom. The number of fused-ring (bicyclic) bond motifs is 6. The van der Waals surface area contributed by atoms with Crippen LogP contribution in [0.4, 0.5) is 27.9 Å². The highest BCUT2D eigenvalue weighted by molar-refractivity contribution is 6.32. The third-order valence-electron chi connectivity index (χ3n) is 6.52. The average molecular weight is 465 g/mol. The van der Waals surface area contributed by atoms with Crippen LogP contribution in [0.3, 0.4) is 0 Å². The highest BCUT2D eigenvalue weighted by atomic mass is 35.5. The maximum atomic E-state index is 12.7. The normalized spacial score (nSPS) is 20.2. The number of carbonyl (C=O) groups excluding carboxylic acids is 1. The summed E-state index contributed by atoms with van der Waals surface area (Å²) >= 11 is 6.36. The standard InChI is InChI=1S/C25H29ClN6O/c26-21-15-27-24-29-19-8-4-5-16(13-19)9-10-17-14-20(28-23(21)32-24)11-12-22(17)31-25(33)30-18-6-2-1-3-7-18/h4-5,8,11-12,14-16,18H,1-3,6-7,9-10,13H2,(H2,30,31,33)(H2,27,28,29,32). The number of urea groups is 1. The summed E-state index contributed by atoms with van der Waals surface area (Å²) in [6.07, 6.45) is 16.4. The smallest absolute Gasteiger partial charge is 0.319 e. The monoisotopic (exact) mass is 464 g/mol. The Morgan fingerprint density at radius 1 is 1.12 bits per heavy atom. The summed E-state index contributed by atoms with van der Waals surface area (Å²) in [4.78, 5) is 21.6. The van der Waals surface area contributed by atoms with Gasteiger partial charge in [0.25, 0.3) is 0 Å². The second kappa shape index (κ2) is 9.83. The third-order valence-corrected chi connectivity index (χ3v) is 6.80. The van der Waals surface area contributed by atoms with E-state index in [4.69, 9.17) is 11.6 Å². The molecular formula is C25H29ClN6O. The van der Waals surface area contributed by atoms with Crippen LogP contribution in [-0.2, 0) is 6.42 Å².